The maximum atomic E-state index is 9.39. The van der Waals surface area contributed by atoms with E-state index in [9.17, 15) is 5.11 Å². The average Bonchev–Trinajstić information content (AvgIpc) is 2.22. The first-order chi connectivity index (χ1) is 7.08. The number of nitrogens with two attached hydrogens (primary N) is 1. The molecule has 15 heavy (non-hydrogen) atoms. The Bertz CT molecular complexity index is 151. The molecule has 0 aromatic heterocycles. The molecule has 0 spiro atoms. The molecule has 0 aliphatic carbocycles. The molecule has 0 fully saturated rings. The van der Waals surface area contributed by atoms with Gasteiger partial charge in [0.25, 0.3) is 0 Å². The summed E-state index contributed by atoms with van der Waals surface area (Å²) < 4.78 is 0. The molecule has 0 heterocycles. The summed E-state index contributed by atoms with van der Waals surface area (Å²) in [5.74, 6) is 0. The molecule has 0 aliphatic rings. The van der Waals surface area contributed by atoms with Gasteiger partial charge < -0.3 is 10.8 Å². The molecular weight excluding hydrogens is 188 g/mol. The molecule has 0 radical (unpaired) electrons. The van der Waals surface area contributed by atoms with Crippen molar-refractivity contribution in [2.45, 2.75) is 65.1 Å². The molecule has 0 amide bonds. The lowest BCUT2D eigenvalue weighted by molar-refractivity contribution is 0.0729. The predicted molar refractivity (Wildman–Crippen MR) is 65.9 cm³/mol. The zero-order valence-electron chi connectivity index (χ0n) is 10.7. The van der Waals surface area contributed by atoms with Crippen molar-refractivity contribution in [2.75, 3.05) is 13.2 Å². The fourth-order valence-corrected chi connectivity index (χ4v) is 1.86. The Morgan fingerprint density at radius 3 is 2.20 bits per heavy atom. The molecular formula is C12H28N2O. The summed E-state index contributed by atoms with van der Waals surface area (Å²) in [6.45, 7) is 9.75. The van der Waals surface area contributed by atoms with Crippen LogP contribution in [0.2, 0.25) is 0 Å². The number of nitrogens with zero attached hydrogens (tertiary/aromatic N) is 1. The lowest BCUT2D eigenvalue weighted by Crippen LogP contribution is -2.52. The highest BCUT2D eigenvalue weighted by Gasteiger charge is 2.24. The zero-order valence-corrected chi connectivity index (χ0v) is 10.7. The lowest BCUT2D eigenvalue weighted by Gasteiger charge is -2.37. The van der Waals surface area contributed by atoms with Crippen molar-refractivity contribution in [3.63, 3.8) is 0 Å². The van der Waals surface area contributed by atoms with Crippen molar-refractivity contribution in [3.05, 3.63) is 0 Å². The van der Waals surface area contributed by atoms with Gasteiger partial charge in [0.05, 0.1) is 6.61 Å². The Hall–Kier alpha value is -0.120. The average molecular weight is 216 g/mol. The molecule has 3 N–H and O–H groups in total. The van der Waals surface area contributed by atoms with Gasteiger partial charge in [-0.05, 0) is 33.2 Å². The fraction of sp³-hybridized carbons (Fsp3) is 1.00. The van der Waals surface area contributed by atoms with Gasteiger partial charge in [-0.15, -0.1) is 0 Å². The van der Waals surface area contributed by atoms with Gasteiger partial charge in [-0.25, -0.2) is 0 Å². The molecule has 0 saturated heterocycles. The van der Waals surface area contributed by atoms with Gasteiger partial charge in [-0.3, -0.25) is 4.90 Å². The van der Waals surface area contributed by atoms with Crippen molar-refractivity contribution in [1.29, 1.82) is 0 Å². The first-order valence-electron chi connectivity index (χ1n) is 6.20. The van der Waals surface area contributed by atoms with Gasteiger partial charge in [0.2, 0.25) is 0 Å². The summed E-state index contributed by atoms with van der Waals surface area (Å²) in [7, 11) is 0. The maximum Gasteiger partial charge on any atom is 0.0601 e. The minimum atomic E-state index is 0.0286. The molecule has 0 bridgehead atoms. The number of hydrogen-bond acceptors (Lipinski definition) is 3. The summed E-state index contributed by atoms with van der Waals surface area (Å²) in [5.41, 5.74) is 5.91. The van der Waals surface area contributed by atoms with E-state index in [2.05, 4.69) is 25.7 Å². The second-order valence-electron chi connectivity index (χ2n) is 4.46. The number of aliphatic hydroxyl groups is 1. The Kier molecular flexibility index (Phi) is 8.02. The van der Waals surface area contributed by atoms with Crippen molar-refractivity contribution >= 4 is 0 Å². The molecule has 0 aliphatic heterocycles. The SMILES string of the molecule is CCCCN(C(C)CC)C(CO)C(C)N. The van der Waals surface area contributed by atoms with E-state index < -0.39 is 0 Å². The number of unbranched alkanes of at least 4 members (excludes halogenated alkanes) is 1. The van der Waals surface area contributed by atoms with E-state index in [-0.39, 0.29) is 18.7 Å². The van der Waals surface area contributed by atoms with E-state index in [1.54, 1.807) is 0 Å². The Balaban J connectivity index is 4.42. The Morgan fingerprint density at radius 1 is 1.27 bits per heavy atom. The molecule has 0 aromatic rings. The van der Waals surface area contributed by atoms with Crippen LogP contribution >= 0.6 is 0 Å². The minimum Gasteiger partial charge on any atom is -0.395 e. The van der Waals surface area contributed by atoms with Gasteiger partial charge in [0.1, 0.15) is 0 Å². The zero-order chi connectivity index (χ0) is 11.8. The van der Waals surface area contributed by atoms with Crippen LogP contribution in [0.3, 0.4) is 0 Å². The molecule has 0 saturated carbocycles. The summed E-state index contributed by atoms with van der Waals surface area (Å²) >= 11 is 0. The van der Waals surface area contributed by atoms with Gasteiger partial charge in [-0.1, -0.05) is 20.3 Å². The molecule has 0 rings (SSSR count). The normalized spacial score (nSPS) is 17.8. The van der Waals surface area contributed by atoms with Crippen molar-refractivity contribution in [3.8, 4) is 0 Å². The van der Waals surface area contributed by atoms with Crippen molar-refractivity contribution in [2.24, 2.45) is 5.73 Å². The molecule has 3 atom stereocenters. The summed E-state index contributed by atoms with van der Waals surface area (Å²) in [4.78, 5) is 2.36. The predicted octanol–water partition coefficient (Wildman–Crippen LogP) is 1.60. The van der Waals surface area contributed by atoms with E-state index >= 15 is 0 Å². The van der Waals surface area contributed by atoms with Crippen molar-refractivity contribution < 1.29 is 5.11 Å². The third-order valence-electron chi connectivity index (χ3n) is 3.15. The van der Waals surface area contributed by atoms with E-state index in [0.29, 0.717) is 6.04 Å². The molecule has 3 unspecified atom stereocenters. The monoisotopic (exact) mass is 216 g/mol. The quantitative estimate of drug-likeness (QED) is 0.648. The van der Waals surface area contributed by atoms with Crippen LogP contribution in [-0.2, 0) is 0 Å². The number of rotatable bonds is 8. The smallest absolute Gasteiger partial charge is 0.0601 e. The van der Waals surface area contributed by atoms with Gasteiger partial charge >= 0.3 is 0 Å². The van der Waals surface area contributed by atoms with Gasteiger partial charge in [0.15, 0.2) is 0 Å². The van der Waals surface area contributed by atoms with Crippen LogP contribution in [-0.4, -0.2) is 41.3 Å². The van der Waals surface area contributed by atoms with E-state index in [1.807, 2.05) is 6.92 Å². The maximum absolute atomic E-state index is 9.39. The summed E-state index contributed by atoms with van der Waals surface area (Å²) in [6.07, 6.45) is 3.46. The summed E-state index contributed by atoms with van der Waals surface area (Å²) in [6, 6.07) is 0.632. The van der Waals surface area contributed by atoms with Crippen LogP contribution in [0.25, 0.3) is 0 Å². The van der Waals surface area contributed by atoms with E-state index in [0.717, 1.165) is 13.0 Å². The number of aliphatic hydroxyl groups excluding tert-OH is 1. The second-order valence-corrected chi connectivity index (χ2v) is 4.46. The third kappa shape index (κ3) is 4.96. The topological polar surface area (TPSA) is 49.5 Å². The first kappa shape index (κ1) is 14.9. The van der Waals surface area contributed by atoms with Crippen LogP contribution in [0.1, 0.15) is 47.0 Å². The van der Waals surface area contributed by atoms with Gasteiger partial charge in [0, 0.05) is 18.1 Å². The second kappa shape index (κ2) is 8.08. The fourth-order valence-electron chi connectivity index (χ4n) is 1.86. The van der Waals surface area contributed by atoms with Crippen molar-refractivity contribution in [1.82, 2.24) is 4.90 Å². The van der Waals surface area contributed by atoms with Crippen LogP contribution < -0.4 is 5.73 Å². The van der Waals surface area contributed by atoms with Crippen LogP contribution in [0.5, 0.6) is 0 Å². The molecule has 92 valence electrons. The first-order valence-corrected chi connectivity index (χ1v) is 6.20. The van der Waals surface area contributed by atoms with Gasteiger partial charge in [-0.2, -0.15) is 0 Å². The van der Waals surface area contributed by atoms with Crippen LogP contribution in [0.4, 0.5) is 0 Å². The molecule has 3 nitrogen and oxygen atoms in total. The highest BCUT2D eigenvalue weighted by atomic mass is 16.3. The largest absolute Gasteiger partial charge is 0.395 e. The Labute approximate surface area is 94.6 Å². The van der Waals surface area contributed by atoms with Crippen LogP contribution in [0, 0.1) is 0 Å². The highest BCUT2D eigenvalue weighted by Crippen LogP contribution is 2.12. The standard InChI is InChI=1S/C12H28N2O/c1-5-7-8-14(10(3)6-2)12(9-15)11(4)13/h10-12,15H,5-9,13H2,1-4H3. The highest BCUT2D eigenvalue weighted by molar-refractivity contribution is 4.81. The third-order valence-corrected chi connectivity index (χ3v) is 3.15. The molecule has 0 aromatic carbocycles. The van der Waals surface area contributed by atoms with E-state index in [4.69, 9.17) is 5.73 Å². The minimum absolute atomic E-state index is 0.0286. The Morgan fingerprint density at radius 2 is 1.87 bits per heavy atom. The number of hydrogen-bond donors (Lipinski definition) is 2. The van der Waals surface area contributed by atoms with E-state index in [1.165, 1.54) is 12.8 Å². The molecule has 3 heteroatoms. The lowest BCUT2D eigenvalue weighted by atomic mass is 10.1. The van der Waals surface area contributed by atoms with Crippen LogP contribution in [0.15, 0.2) is 0 Å². The summed E-state index contributed by atoms with van der Waals surface area (Å²) in [5, 5.41) is 9.39.